The van der Waals surface area contributed by atoms with Gasteiger partial charge in [-0.2, -0.15) is 0 Å². The molecule has 1 amide bonds. The van der Waals surface area contributed by atoms with Gasteiger partial charge in [0.2, 0.25) is 5.91 Å². The molecular weight excluding hydrogens is 252 g/mol. The van der Waals surface area contributed by atoms with Crippen molar-refractivity contribution in [2.24, 2.45) is 5.41 Å². The fourth-order valence-electron chi connectivity index (χ4n) is 3.41. The van der Waals surface area contributed by atoms with Crippen LogP contribution in [0.2, 0.25) is 0 Å². The number of nitrogens with one attached hydrogen (secondary N) is 2. The Morgan fingerprint density at radius 3 is 2.80 bits per heavy atom. The molecule has 0 bridgehead atoms. The third-order valence-electron chi connectivity index (χ3n) is 4.74. The van der Waals surface area contributed by atoms with Gasteiger partial charge in [0.25, 0.3) is 0 Å². The van der Waals surface area contributed by atoms with Crippen LogP contribution >= 0.6 is 0 Å². The molecule has 2 saturated heterocycles. The van der Waals surface area contributed by atoms with E-state index in [1.807, 2.05) is 12.3 Å². The number of pyridine rings is 1. The Hall–Kier alpha value is -2.04. The minimum Gasteiger partial charge on any atom is -0.357 e. The van der Waals surface area contributed by atoms with Crippen LogP contribution in [0.25, 0.3) is 11.0 Å². The van der Waals surface area contributed by atoms with Crippen LogP contribution in [-0.2, 0) is 4.79 Å². The van der Waals surface area contributed by atoms with Crippen molar-refractivity contribution in [3.8, 4) is 0 Å². The second kappa shape index (κ2) is 4.23. The zero-order chi connectivity index (χ0) is 13.6. The van der Waals surface area contributed by atoms with Crippen molar-refractivity contribution >= 4 is 22.8 Å². The molecule has 2 fully saturated rings. The standard InChI is InChI=1S/C15H18N4O/c20-13-9-15(10-17-13)4-7-19(8-5-15)12-2-1-11-3-6-16-14(11)18-12/h1-3,6H,4-5,7-10H2,(H,16,18)(H,17,20). The predicted octanol–water partition coefficient (Wildman–Crippen LogP) is 1.67. The van der Waals surface area contributed by atoms with Crippen LogP contribution in [0.3, 0.4) is 0 Å². The van der Waals surface area contributed by atoms with Crippen molar-refractivity contribution in [3.63, 3.8) is 0 Å². The second-order valence-corrected chi connectivity index (χ2v) is 6.03. The van der Waals surface area contributed by atoms with E-state index < -0.39 is 0 Å². The number of nitrogens with zero attached hydrogens (tertiary/aromatic N) is 2. The number of H-pyrrole nitrogens is 1. The summed E-state index contributed by atoms with van der Waals surface area (Å²) in [5, 5.41) is 4.12. The molecular formula is C15H18N4O. The van der Waals surface area contributed by atoms with Gasteiger partial charge < -0.3 is 15.2 Å². The van der Waals surface area contributed by atoms with Gasteiger partial charge in [-0.1, -0.05) is 0 Å². The summed E-state index contributed by atoms with van der Waals surface area (Å²) in [7, 11) is 0. The number of carbonyl (C=O) groups is 1. The number of piperidine rings is 1. The van der Waals surface area contributed by atoms with Crippen LogP contribution in [0.5, 0.6) is 0 Å². The lowest BCUT2D eigenvalue weighted by Crippen LogP contribution is -2.41. The van der Waals surface area contributed by atoms with Crippen LogP contribution in [-0.4, -0.2) is 35.5 Å². The lowest BCUT2D eigenvalue weighted by atomic mass is 9.78. The highest BCUT2D eigenvalue weighted by Gasteiger charge is 2.40. The van der Waals surface area contributed by atoms with Crippen LogP contribution in [0.4, 0.5) is 5.82 Å². The zero-order valence-corrected chi connectivity index (χ0v) is 11.4. The summed E-state index contributed by atoms with van der Waals surface area (Å²) in [5.74, 6) is 1.25. The number of hydrogen-bond donors (Lipinski definition) is 2. The number of hydrogen-bond acceptors (Lipinski definition) is 3. The smallest absolute Gasteiger partial charge is 0.220 e. The van der Waals surface area contributed by atoms with Crippen LogP contribution in [0, 0.1) is 5.41 Å². The highest BCUT2D eigenvalue weighted by Crippen LogP contribution is 2.38. The maximum Gasteiger partial charge on any atom is 0.220 e. The van der Waals surface area contributed by atoms with Crippen LogP contribution in [0.15, 0.2) is 24.4 Å². The van der Waals surface area contributed by atoms with Crippen molar-refractivity contribution in [3.05, 3.63) is 24.4 Å². The molecule has 0 aliphatic carbocycles. The monoisotopic (exact) mass is 270 g/mol. The Morgan fingerprint density at radius 1 is 1.20 bits per heavy atom. The van der Waals surface area contributed by atoms with E-state index in [1.165, 1.54) is 0 Å². The maximum absolute atomic E-state index is 11.4. The van der Waals surface area contributed by atoms with Crippen LogP contribution < -0.4 is 10.2 Å². The fourth-order valence-corrected chi connectivity index (χ4v) is 3.41. The van der Waals surface area contributed by atoms with E-state index in [9.17, 15) is 4.79 Å². The highest BCUT2D eigenvalue weighted by molar-refractivity contribution is 5.79. The van der Waals surface area contributed by atoms with E-state index in [-0.39, 0.29) is 11.3 Å². The minimum absolute atomic E-state index is 0.199. The van der Waals surface area contributed by atoms with Crippen molar-refractivity contribution in [2.75, 3.05) is 24.5 Å². The Kier molecular flexibility index (Phi) is 2.49. The van der Waals surface area contributed by atoms with Gasteiger partial charge in [0.05, 0.1) is 0 Å². The quantitative estimate of drug-likeness (QED) is 0.828. The minimum atomic E-state index is 0.199. The summed E-state index contributed by atoms with van der Waals surface area (Å²) in [6, 6.07) is 6.23. The highest BCUT2D eigenvalue weighted by atomic mass is 16.1. The van der Waals surface area contributed by atoms with E-state index in [0.29, 0.717) is 6.42 Å². The van der Waals surface area contributed by atoms with Gasteiger partial charge in [0, 0.05) is 37.6 Å². The maximum atomic E-state index is 11.4. The molecule has 2 aromatic rings. The summed E-state index contributed by atoms with van der Waals surface area (Å²) in [6.45, 7) is 2.81. The van der Waals surface area contributed by atoms with E-state index in [0.717, 1.165) is 49.3 Å². The molecule has 0 atom stereocenters. The molecule has 0 aromatic carbocycles. The molecule has 20 heavy (non-hydrogen) atoms. The van der Waals surface area contributed by atoms with Gasteiger partial charge in [-0.15, -0.1) is 0 Å². The molecule has 2 aliphatic heterocycles. The molecule has 104 valence electrons. The molecule has 1 spiro atoms. The molecule has 4 heterocycles. The van der Waals surface area contributed by atoms with Gasteiger partial charge in [-0.05, 0) is 36.5 Å². The molecule has 2 N–H and O–H groups in total. The average Bonchev–Trinajstić information content (AvgIpc) is 3.06. The first kappa shape index (κ1) is 11.8. The zero-order valence-electron chi connectivity index (χ0n) is 11.4. The third-order valence-corrected chi connectivity index (χ3v) is 4.74. The van der Waals surface area contributed by atoms with Gasteiger partial charge in [0.1, 0.15) is 11.5 Å². The van der Waals surface area contributed by atoms with Gasteiger partial charge in [-0.25, -0.2) is 4.98 Å². The van der Waals surface area contributed by atoms with E-state index in [1.54, 1.807) is 0 Å². The largest absolute Gasteiger partial charge is 0.357 e. The lowest BCUT2D eigenvalue weighted by molar-refractivity contribution is -0.119. The lowest BCUT2D eigenvalue weighted by Gasteiger charge is -2.38. The Morgan fingerprint density at radius 2 is 2.05 bits per heavy atom. The van der Waals surface area contributed by atoms with Gasteiger partial charge in [-0.3, -0.25) is 4.79 Å². The summed E-state index contributed by atoms with van der Waals surface area (Å²) < 4.78 is 0. The number of aromatic nitrogens is 2. The average molecular weight is 270 g/mol. The first-order chi connectivity index (χ1) is 9.74. The van der Waals surface area contributed by atoms with E-state index in [4.69, 9.17) is 0 Å². The van der Waals surface area contributed by atoms with Gasteiger partial charge in [0.15, 0.2) is 0 Å². The number of aromatic amines is 1. The molecule has 0 unspecified atom stereocenters. The number of carbonyl (C=O) groups excluding carboxylic acids is 1. The number of amides is 1. The Balaban J connectivity index is 1.52. The number of fused-ring (bicyclic) bond motifs is 1. The molecule has 0 radical (unpaired) electrons. The van der Waals surface area contributed by atoms with Crippen LogP contribution in [0.1, 0.15) is 19.3 Å². The molecule has 2 aliphatic rings. The topological polar surface area (TPSA) is 61.0 Å². The van der Waals surface area contributed by atoms with Crippen molar-refractivity contribution in [1.82, 2.24) is 15.3 Å². The first-order valence-corrected chi connectivity index (χ1v) is 7.20. The van der Waals surface area contributed by atoms with Crippen molar-refractivity contribution < 1.29 is 4.79 Å². The Labute approximate surface area is 117 Å². The molecule has 0 saturated carbocycles. The van der Waals surface area contributed by atoms with E-state index in [2.05, 4.69) is 32.3 Å². The van der Waals surface area contributed by atoms with Crippen molar-refractivity contribution in [1.29, 1.82) is 0 Å². The SMILES string of the molecule is O=C1CC2(CCN(c3ccc4cc[nH]c4n3)CC2)CN1. The molecule has 5 heteroatoms. The summed E-state index contributed by atoms with van der Waals surface area (Å²) in [6.07, 6.45) is 4.75. The number of rotatable bonds is 1. The predicted molar refractivity (Wildman–Crippen MR) is 77.6 cm³/mol. The first-order valence-electron chi connectivity index (χ1n) is 7.20. The van der Waals surface area contributed by atoms with Crippen molar-refractivity contribution in [2.45, 2.75) is 19.3 Å². The molecule has 2 aromatic heterocycles. The van der Waals surface area contributed by atoms with Gasteiger partial charge >= 0.3 is 0 Å². The molecule has 5 nitrogen and oxygen atoms in total. The second-order valence-electron chi connectivity index (χ2n) is 6.03. The molecule has 4 rings (SSSR count). The Bertz CT molecular complexity index is 655. The summed E-state index contributed by atoms with van der Waals surface area (Å²) in [5.41, 5.74) is 1.14. The third kappa shape index (κ3) is 1.85. The normalized spacial score (nSPS) is 21.6. The van der Waals surface area contributed by atoms with E-state index >= 15 is 0 Å². The summed E-state index contributed by atoms with van der Waals surface area (Å²) in [4.78, 5) is 21.6. The summed E-state index contributed by atoms with van der Waals surface area (Å²) >= 11 is 0. The number of anilines is 1. The fraction of sp³-hybridized carbons (Fsp3) is 0.467.